The van der Waals surface area contributed by atoms with Crippen LogP contribution >= 0.6 is 0 Å². The van der Waals surface area contributed by atoms with Crippen molar-refractivity contribution in [1.29, 1.82) is 0 Å². The highest BCUT2D eigenvalue weighted by Crippen LogP contribution is 2.53. The van der Waals surface area contributed by atoms with E-state index >= 15 is 0 Å². The van der Waals surface area contributed by atoms with Crippen LogP contribution in [0.4, 0.5) is 34.1 Å². The van der Waals surface area contributed by atoms with Gasteiger partial charge < -0.3 is 23.7 Å². The van der Waals surface area contributed by atoms with E-state index < -0.39 is 0 Å². The third kappa shape index (κ3) is 7.57. The molecule has 0 atom stereocenters. The van der Waals surface area contributed by atoms with E-state index in [9.17, 15) is 0 Å². The summed E-state index contributed by atoms with van der Waals surface area (Å²) in [6, 6.07) is 66.2. The Labute approximate surface area is 460 Å². The Morgan fingerprint density at radius 3 is 1.94 bits per heavy atom. The number of hydrogen-bond acceptors (Lipinski definition) is 5. The van der Waals surface area contributed by atoms with Gasteiger partial charge >= 0.3 is 0 Å². The second-order valence-corrected chi connectivity index (χ2v) is 24.9. The number of hydrogen-bond donors (Lipinski definition) is 0. The Bertz CT molecular complexity index is 4080. The lowest BCUT2D eigenvalue weighted by Crippen LogP contribution is -2.61. The monoisotopic (exact) mass is 1020 g/mol. The summed E-state index contributed by atoms with van der Waals surface area (Å²) in [6.45, 7) is 24.3. The van der Waals surface area contributed by atoms with Crippen molar-refractivity contribution < 1.29 is 13.9 Å². The molecular formula is C72H65BN2O3. The maximum atomic E-state index is 6.81. The number of para-hydroxylation sites is 1. The summed E-state index contributed by atoms with van der Waals surface area (Å²) in [4.78, 5) is 5.14. The summed E-state index contributed by atoms with van der Waals surface area (Å²) in [6.07, 6.45) is 0.820. The summed E-state index contributed by atoms with van der Waals surface area (Å²) >= 11 is 0. The molecule has 9 aromatic carbocycles. The summed E-state index contributed by atoms with van der Waals surface area (Å²) in [7, 11) is 0. The number of furan rings is 1. The van der Waals surface area contributed by atoms with Crippen molar-refractivity contribution in [3.63, 3.8) is 0 Å². The Morgan fingerprint density at radius 2 is 1.17 bits per heavy atom. The first kappa shape index (κ1) is 48.2. The molecule has 0 saturated heterocycles. The van der Waals surface area contributed by atoms with E-state index in [1.165, 1.54) is 77.6 Å². The lowest BCUT2D eigenvalue weighted by molar-refractivity contribution is 0.297. The van der Waals surface area contributed by atoms with Gasteiger partial charge in [0.25, 0.3) is 6.71 Å². The second kappa shape index (κ2) is 17.4. The third-order valence-electron chi connectivity index (χ3n) is 17.2. The molecule has 1 aromatic heterocycles. The SMILES string of the molecule is Cc1cc2c3c(c1)N(c1c(C)cc(C(C)(C)C)cc1-c1ccccc1)c1cc4c(cc1B3c1cc(C(C)(C)C)ccc1N2c1cc(-c2ccc3c(c2)C(C)(C)c2ccccc2-3)cc(-c2cc3ccccc3o2)c1)OCCCO4. The molecule has 0 radical (unpaired) electrons. The van der Waals surface area contributed by atoms with Gasteiger partial charge in [-0.25, -0.2) is 0 Å². The average molecular weight is 1020 g/mol. The molecule has 6 heteroatoms. The van der Waals surface area contributed by atoms with Gasteiger partial charge in [-0.15, -0.1) is 0 Å². The Kier molecular flexibility index (Phi) is 10.7. The minimum Gasteiger partial charge on any atom is -0.490 e. The van der Waals surface area contributed by atoms with Crippen molar-refractivity contribution in [2.24, 2.45) is 0 Å². The molecule has 0 N–H and O–H groups in total. The molecule has 0 spiro atoms. The van der Waals surface area contributed by atoms with Crippen LogP contribution in [0.1, 0.15) is 95.2 Å². The molecule has 0 saturated carbocycles. The van der Waals surface area contributed by atoms with Crippen LogP contribution in [0.3, 0.4) is 0 Å². The lowest BCUT2D eigenvalue weighted by Gasteiger charge is -2.45. The van der Waals surface area contributed by atoms with Gasteiger partial charge in [-0.2, -0.15) is 0 Å². The fourth-order valence-electron chi connectivity index (χ4n) is 13.2. The first-order chi connectivity index (χ1) is 37.5. The molecule has 4 heterocycles. The summed E-state index contributed by atoms with van der Waals surface area (Å²) in [5.41, 5.74) is 27.0. The van der Waals surface area contributed by atoms with Gasteiger partial charge in [0, 0.05) is 62.9 Å². The highest BCUT2D eigenvalue weighted by molar-refractivity contribution is 7.00. The molecule has 0 unspecified atom stereocenters. The minimum atomic E-state index is -0.156. The van der Waals surface area contributed by atoms with Crippen molar-refractivity contribution in [3.05, 3.63) is 209 Å². The van der Waals surface area contributed by atoms with Crippen molar-refractivity contribution in [2.75, 3.05) is 23.0 Å². The number of nitrogens with zero attached hydrogens (tertiary/aromatic N) is 2. The van der Waals surface area contributed by atoms with Crippen LogP contribution in [0.2, 0.25) is 0 Å². The van der Waals surface area contributed by atoms with E-state index in [1.807, 2.05) is 0 Å². The molecule has 0 amide bonds. The third-order valence-corrected chi connectivity index (χ3v) is 17.2. The highest BCUT2D eigenvalue weighted by Gasteiger charge is 2.46. The van der Waals surface area contributed by atoms with Gasteiger partial charge in [-0.05, 0) is 169 Å². The zero-order chi connectivity index (χ0) is 53.6. The predicted octanol–water partition coefficient (Wildman–Crippen LogP) is 17.2. The Hall–Kier alpha value is -8.22. The number of ether oxygens (including phenoxy) is 2. The fraction of sp³-hybridized carbons (Fsp3) is 0.222. The molecule has 5 nitrogen and oxygen atoms in total. The first-order valence-electron chi connectivity index (χ1n) is 27.9. The molecule has 4 aliphatic rings. The van der Waals surface area contributed by atoms with E-state index in [2.05, 4.69) is 255 Å². The molecule has 0 fully saturated rings. The van der Waals surface area contributed by atoms with Crippen LogP contribution in [0.5, 0.6) is 11.5 Å². The molecule has 14 rings (SSSR count). The van der Waals surface area contributed by atoms with Crippen molar-refractivity contribution in [2.45, 2.75) is 91.9 Å². The van der Waals surface area contributed by atoms with Crippen molar-refractivity contribution >= 4 is 68.2 Å². The standard InChI is InChI=1S/C72H65BN2O3/c1-43-31-62-68-63(32-43)75(69-44(2)33-51(71(6,7)8)39-55(69)45-19-12-11-13-20-45)61-42-67-66(76-29-18-30-77-67)41-59(61)73(68)58-40-50(70(3,4)5)26-28-60(58)74(62)52-35-48(34-49(36-52)65-38-47-21-14-17-24-64(47)78-65)46-25-27-54-53-22-15-16-23-56(53)72(9,10)57(54)37-46/h11-17,19-28,31-42H,18,29-30H2,1-10H3. The van der Waals surface area contributed by atoms with E-state index in [0.29, 0.717) is 13.2 Å². The van der Waals surface area contributed by atoms with Crippen LogP contribution in [-0.2, 0) is 16.2 Å². The van der Waals surface area contributed by atoms with E-state index in [4.69, 9.17) is 13.9 Å². The van der Waals surface area contributed by atoms with E-state index in [-0.39, 0.29) is 23.0 Å². The normalized spacial score (nSPS) is 14.9. The van der Waals surface area contributed by atoms with Gasteiger partial charge in [-0.1, -0.05) is 159 Å². The smallest absolute Gasteiger partial charge is 0.252 e. The summed E-state index contributed by atoms with van der Waals surface area (Å²) < 4.78 is 20.1. The van der Waals surface area contributed by atoms with Crippen LogP contribution < -0.4 is 35.7 Å². The summed E-state index contributed by atoms with van der Waals surface area (Å²) in [5, 5.41) is 1.08. The van der Waals surface area contributed by atoms with E-state index in [1.54, 1.807) is 0 Å². The zero-order valence-electron chi connectivity index (χ0n) is 46.6. The predicted molar refractivity (Wildman–Crippen MR) is 327 cm³/mol. The largest absolute Gasteiger partial charge is 0.490 e. The second-order valence-electron chi connectivity index (χ2n) is 24.9. The Morgan fingerprint density at radius 1 is 0.487 bits per heavy atom. The Balaban J connectivity index is 1.07. The lowest BCUT2D eigenvalue weighted by atomic mass is 9.33. The fourth-order valence-corrected chi connectivity index (χ4v) is 13.2. The molecule has 1 aliphatic carbocycles. The number of rotatable bonds is 5. The van der Waals surface area contributed by atoms with Gasteiger partial charge in [0.2, 0.25) is 0 Å². The van der Waals surface area contributed by atoms with Gasteiger partial charge in [-0.3, -0.25) is 0 Å². The van der Waals surface area contributed by atoms with Crippen LogP contribution in [0.25, 0.3) is 55.7 Å². The zero-order valence-corrected chi connectivity index (χ0v) is 46.6. The van der Waals surface area contributed by atoms with Crippen LogP contribution in [0.15, 0.2) is 180 Å². The number of anilines is 6. The molecule has 3 aliphatic heterocycles. The van der Waals surface area contributed by atoms with E-state index in [0.717, 1.165) is 79.9 Å². The maximum absolute atomic E-state index is 6.81. The minimum absolute atomic E-state index is 0.0749. The molecule has 0 bridgehead atoms. The molecular weight excluding hydrogens is 952 g/mol. The van der Waals surface area contributed by atoms with Gasteiger partial charge in [0.05, 0.1) is 18.9 Å². The molecule has 384 valence electrons. The van der Waals surface area contributed by atoms with Gasteiger partial charge in [0.1, 0.15) is 11.3 Å². The highest BCUT2D eigenvalue weighted by atomic mass is 16.5. The molecule has 10 aromatic rings. The summed E-state index contributed by atoms with van der Waals surface area (Å²) in [5.74, 6) is 2.42. The quantitative estimate of drug-likeness (QED) is 0.161. The van der Waals surface area contributed by atoms with Crippen LogP contribution in [0, 0.1) is 13.8 Å². The van der Waals surface area contributed by atoms with Crippen molar-refractivity contribution in [1.82, 2.24) is 0 Å². The topological polar surface area (TPSA) is 38.1 Å². The molecule has 78 heavy (non-hydrogen) atoms. The first-order valence-corrected chi connectivity index (χ1v) is 27.9. The maximum Gasteiger partial charge on any atom is 0.252 e. The number of benzene rings is 9. The number of aryl methyl sites for hydroxylation is 2. The van der Waals surface area contributed by atoms with Crippen LogP contribution in [-0.4, -0.2) is 19.9 Å². The number of fused-ring (bicyclic) bond motifs is 9. The van der Waals surface area contributed by atoms with Gasteiger partial charge in [0.15, 0.2) is 11.5 Å². The average Bonchev–Trinajstić information content (AvgIpc) is 3.20. The van der Waals surface area contributed by atoms with Crippen molar-refractivity contribution in [3.8, 4) is 56.2 Å².